The topological polar surface area (TPSA) is 69.3 Å². The van der Waals surface area contributed by atoms with E-state index in [0.717, 1.165) is 19.6 Å². The van der Waals surface area contributed by atoms with Crippen LogP contribution in [0.2, 0.25) is 0 Å². The molecule has 180 valence electrons. The van der Waals surface area contributed by atoms with Crippen LogP contribution in [0, 0.1) is 0 Å². The molecule has 7 nitrogen and oxygen atoms in total. The Morgan fingerprint density at radius 3 is 2.42 bits per heavy atom. The van der Waals surface area contributed by atoms with Crippen molar-refractivity contribution in [2.24, 2.45) is 0 Å². The van der Waals surface area contributed by atoms with Crippen LogP contribution in [0.5, 0.6) is 23.0 Å². The van der Waals surface area contributed by atoms with Gasteiger partial charge in [0, 0.05) is 29.9 Å². The molecule has 0 fully saturated rings. The molecule has 0 saturated heterocycles. The van der Waals surface area contributed by atoms with Crippen molar-refractivity contribution in [1.82, 2.24) is 4.90 Å². The number of anilines is 1. The van der Waals surface area contributed by atoms with E-state index in [1.165, 1.54) is 25.3 Å². The second-order valence-electron chi connectivity index (χ2n) is 6.82. The van der Waals surface area contributed by atoms with Gasteiger partial charge in [-0.1, -0.05) is 26.0 Å². The SMILES string of the molecule is CCN(CC)CCOc1cc(NC(=O)/C=C/c2cccc(OC)c2OC(F)F)ccc1OC. The Balaban J connectivity index is 2.10. The lowest BCUT2D eigenvalue weighted by atomic mass is 10.1. The Labute approximate surface area is 192 Å². The first-order valence-corrected chi connectivity index (χ1v) is 10.6. The summed E-state index contributed by atoms with van der Waals surface area (Å²) in [5.74, 6) is 0.590. The van der Waals surface area contributed by atoms with Crippen LogP contribution < -0.4 is 24.3 Å². The van der Waals surface area contributed by atoms with Crippen molar-refractivity contribution < 1.29 is 32.5 Å². The number of carbonyl (C=O) groups is 1. The molecule has 9 heteroatoms. The maximum atomic E-state index is 12.8. The molecule has 0 aromatic heterocycles. The zero-order chi connectivity index (χ0) is 24.2. The van der Waals surface area contributed by atoms with Crippen LogP contribution in [-0.4, -0.2) is 57.9 Å². The quantitative estimate of drug-likeness (QED) is 0.434. The summed E-state index contributed by atoms with van der Waals surface area (Å²) in [5, 5.41) is 2.72. The van der Waals surface area contributed by atoms with Crippen molar-refractivity contribution in [2.45, 2.75) is 20.5 Å². The molecule has 0 aliphatic carbocycles. The highest BCUT2D eigenvalue weighted by molar-refractivity contribution is 6.02. The highest BCUT2D eigenvalue weighted by Gasteiger charge is 2.14. The first-order chi connectivity index (χ1) is 15.9. The van der Waals surface area contributed by atoms with Crippen LogP contribution in [0.15, 0.2) is 42.5 Å². The average molecular weight is 465 g/mol. The van der Waals surface area contributed by atoms with E-state index in [1.54, 1.807) is 37.4 Å². The van der Waals surface area contributed by atoms with Crippen LogP contribution in [0.3, 0.4) is 0 Å². The molecular formula is C24H30F2N2O5. The third kappa shape index (κ3) is 7.94. The number of likely N-dealkylation sites (N-methyl/N-ethyl adjacent to an activating group) is 1. The first-order valence-electron chi connectivity index (χ1n) is 10.6. The summed E-state index contributed by atoms with van der Waals surface area (Å²) in [6, 6.07) is 9.69. The maximum Gasteiger partial charge on any atom is 0.387 e. The number of nitrogens with one attached hydrogen (secondary N) is 1. The van der Waals surface area contributed by atoms with Gasteiger partial charge in [0.05, 0.1) is 14.2 Å². The molecule has 0 radical (unpaired) electrons. The van der Waals surface area contributed by atoms with Gasteiger partial charge in [0.25, 0.3) is 0 Å². The van der Waals surface area contributed by atoms with Gasteiger partial charge in [0.1, 0.15) is 6.61 Å². The minimum atomic E-state index is -3.03. The minimum absolute atomic E-state index is 0.138. The van der Waals surface area contributed by atoms with Crippen molar-refractivity contribution >= 4 is 17.7 Å². The smallest absolute Gasteiger partial charge is 0.387 e. The lowest BCUT2D eigenvalue weighted by molar-refractivity contribution is -0.111. The molecule has 0 aliphatic heterocycles. The number of halogens is 2. The Morgan fingerprint density at radius 2 is 1.79 bits per heavy atom. The van der Waals surface area contributed by atoms with E-state index in [2.05, 4.69) is 28.8 Å². The van der Waals surface area contributed by atoms with Crippen LogP contribution in [0.4, 0.5) is 14.5 Å². The molecule has 33 heavy (non-hydrogen) atoms. The number of benzene rings is 2. The molecule has 0 unspecified atom stereocenters. The second kappa shape index (κ2) is 13.3. The third-order valence-corrected chi connectivity index (χ3v) is 4.84. The van der Waals surface area contributed by atoms with Gasteiger partial charge in [-0.25, -0.2) is 0 Å². The fourth-order valence-electron chi connectivity index (χ4n) is 3.08. The molecule has 0 heterocycles. The monoisotopic (exact) mass is 464 g/mol. The normalized spacial score (nSPS) is 11.2. The number of para-hydroxylation sites is 1. The number of amides is 1. The van der Waals surface area contributed by atoms with Gasteiger partial charge in [0.2, 0.25) is 5.91 Å². The molecule has 1 N–H and O–H groups in total. The number of hydrogen-bond acceptors (Lipinski definition) is 6. The standard InChI is InChI=1S/C24H30F2N2O5/c1-5-28(6-2)14-15-32-21-16-18(11-12-19(21)30-3)27-22(29)13-10-17-8-7-9-20(31-4)23(17)33-24(25)26/h7-13,16,24H,5-6,14-15H2,1-4H3,(H,27,29)/b13-10+. The van der Waals surface area contributed by atoms with Gasteiger partial charge in [-0.05, 0) is 37.4 Å². The largest absolute Gasteiger partial charge is 0.493 e. The van der Waals surface area contributed by atoms with E-state index in [9.17, 15) is 13.6 Å². The van der Waals surface area contributed by atoms with Gasteiger partial charge in [0.15, 0.2) is 23.0 Å². The van der Waals surface area contributed by atoms with Crippen LogP contribution in [-0.2, 0) is 4.79 Å². The van der Waals surface area contributed by atoms with E-state index in [0.29, 0.717) is 23.8 Å². The summed E-state index contributed by atoms with van der Waals surface area (Å²) < 4.78 is 46.3. The molecule has 2 aromatic rings. The van der Waals surface area contributed by atoms with E-state index >= 15 is 0 Å². The second-order valence-corrected chi connectivity index (χ2v) is 6.82. The van der Waals surface area contributed by atoms with Crippen LogP contribution >= 0.6 is 0 Å². The number of nitrogens with zero attached hydrogens (tertiary/aromatic N) is 1. The van der Waals surface area contributed by atoms with Crippen molar-refractivity contribution in [3.63, 3.8) is 0 Å². The number of rotatable bonds is 13. The first kappa shape index (κ1) is 25.9. The zero-order valence-electron chi connectivity index (χ0n) is 19.3. The summed E-state index contributed by atoms with van der Waals surface area (Å²) >= 11 is 0. The molecule has 2 aromatic carbocycles. The summed E-state index contributed by atoms with van der Waals surface area (Å²) in [6.07, 6.45) is 2.60. The molecule has 0 saturated carbocycles. The van der Waals surface area contributed by atoms with Gasteiger partial charge >= 0.3 is 6.61 Å². The predicted molar refractivity (Wildman–Crippen MR) is 124 cm³/mol. The molecule has 2 rings (SSSR count). The third-order valence-electron chi connectivity index (χ3n) is 4.84. The fourth-order valence-corrected chi connectivity index (χ4v) is 3.08. The lowest BCUT2D eigenvalue weighted by Gasteiger charge is -2.19. The van der Waals surface area contributed by atoms with Crippen molar-refractivity contribution in [3.05, 3.63) is 48.0 Å². The number of methoxy groups -OCH3 is 2. The predicted octanol–water partition coefficient (Wildman–Crippen LogP) is 4.68. The van der Waals surface area contributed by atoms with E-state index in [1.807, 2.05) is 0 Å². The van der Waals surface area contributed by atoms with Crippen LogP contribution in [0.25, 0.3) is 6.08 Å². The molecule has 0 atom stereocenters. The maximum absolute atomic E-state index is 12.8. The van der Waals surface area contributed by atoms with Gasteiger partial charge in [-0.15, -0.1) is 0 Å². The number of hydrogen-bond donors (Lipinski definition) is 1. The Kier molecular flexibility index (Phi) is 10.4. The van der Waals surface area contributed by atoms with E-state index in [4.69, 9.17) is 14.2 Å². The lowest BCUT2D eigenvalue weighted by Crippen LogP contribution is -2.28. The Morgan fingerprint density at radius 1 is 1.06 bits per heavy atom. The van der Waals surface area contributed by atoms with E-state index in [-0.39, 0.29) is 17.1 Å². The van der Waals surface area contributed by atoms with E-state index < -0.39 is 12.5 Å². The van der Waals surface area contributed by atoms with Gasteiger partial charge in [-0.2, -0.15) is 8.78 Å². The highest BCUT2D eigenvalue weighted by atomic mass is 19.3. The summed E-state index contributed by atoms with van der Waals surface area (Å²) in [5.41, 5.74) is 0.776. The molecule has 0 aliphatic rings. The van der Waals surface area contributed by atoms with Crippen molar-refractivity contribution in [3.8, 4) is 23.0 Å². The molecule has 0 bridgehead atoms. The van der Waals surface area contributed by atoms with Crippen molar-refractivity contribution in [2.75, 3.05) is 45.8 Å². The van der Waals surface area contributed by atoms with Crippen LogP contribution in [0.1, 0.15) is 19.4 Å². The highest BCUT2D eigenvalue weighted by Crippen LogP contribution is 2.33. The Bertz CT molecular complexity index is 933. The Hall–Kier alpha value is -3.33. The van der Waals surface area contributed by atoms with Gasteiger partial charge < -0.3 is 29.2 Å². The van der Waals surface area contributed by atoms with Crippen molar-refractivity contribution in [1.29, 1.82) is 0 Å². The fraction of sp³-hybridized carbons (Fsp3) is 0.375. The number of carbonyl (C=O) groups excluding carboxylic acids is 1. The molecular weight excluding hydrogens is 434 g/mol. The summed E-state index contributed by atoms with van der Waals surface area (Å²) in [7, 11) is 2.89. The average Bonchev–Trinajstić information content (AvgIpc) is 2.81. The van der Waals surface area contributed by atoms with Gasteiger partial charge in [-0.3, -0.25) is 4.79 Å². The zero-order valence-corrected chi connectivity index (χ0v) is 19.3. The molecule has 1 amide bonds. The number of ether oxygens (including phenoxy) is 4. The number of alkyl halides is 2. The summed E-state index contributed by atoms with van der Waals surface area (Å²) in [4.78, 5) is 14.7. The molecule has 0 spiro atoms. The minimum Gasteiger partial charge on any atom is -0.493 e. The summed E-state index contributed by atoms with van der Waals surface area (Å²) in [6.45, 7) is 4.23.